The highest BCUT2D eigenvalue weighted by Gasteiger charge is 1.96. The lowest BCUT2D eigenvalue weighted by Crippen LogP contribution is -1.89. The van der Waals surface area contributed by atoms with Crippen LogP contribution >= 0.6 is 12.2 Å². The molecule has 0 aliphatic rings. The summed E-state index contributed by atoms with van der Waals surface area (Å²) in [4.78, 5) is 3.05. The molecular weight excluding hydrogens is 156 g/mol. The molecule has 11 heavy (non-hydrogen) atoms. The number of nitrogens with zero attached hydrogens (tertiary/aromatic N) is 1. The summed E-state index contributed by atoms with van der Waals surface area (Å²) in [5, 5.41) is 0. The van der Waals surface area contributed by atoms with E-state index in [1.54, 1.807) is 0 Å². The van der Waals surface area contributed by atoms with Crippen molar-refractivity contribution in [2.75, 3.05) is 0 Å². The van der Waals surface area contributed by atoms with Crippen molar-refractivity contribution in [2.24, 2.45) is 7.05 Å². The van der Waals surface area contributed by atoms with Gasteiger partial charge in [0.1, 0.15) is 0 Å². The number of hydrogen-bond donors (Lipinski definition) is 1. The van der Waals surface area contributed by atoms with Crippen molar-refractivity contribution in [3.63, 3.8) is 0 Å². The third-order valence-corrected chi connectivity index (χ3v) is 2.02. The maximum atomic E-state index is 4.97. The highest BCUT2D eigenvalue weighted by atomic mass is 32.1. The molecule has 3 heteroatoms. The quantitative estimate of drug-likeness (QED) is 0.597. The lowest BCUT2D eigenvalue weighted by Gasteiger charge is -1.91. The minimum Gasteiger partial charge on any atom is -0.335 e. The molecule has 1 N–H and O–H groups in total. The lowest BCUT2D eigenvalue weighted by molar-refractivity contribution is 0.856. The summed E-state index contributed by atoms with van der Waals surface area (Å²) >= 11 is 4.97. The van der Waals surface area contributed by atoms with Gasteiger partial charge in [0.2, 0.25) is 0 Å². The first kappa shape index (κ1) is 10.4. The number of hydrogen-bond acceptors (Lipinski definition) is 1. The summed E-state index contributed by atoms with van der Waals surface area (Å²) in [6, 6.07) is 0. The van der Waals surface area contributed by atoms with Crippen LogP contribution in [0.5, 0.6) is 0 Å². The molecule has 1 heterocycles. The lowest BCUT2D eigenvalue weighted by atomic mass is 10.4. The number of imidazole rings is 1. The Labute approximate surface area is 73.3 Å². The molecule has 1 rings (SSSR count). The van der Waals surface area contributed by atoms with E-state index < -0.39 is 0 Å². The minimum absolute atomic E-state index is 0.796. The van der Waals surface area contributed by atoms with Gasteiger partial charge in [-0.05, 0) is 26.1 Å². The Morgan fingerprint density at radius 1 is 1.27 bits per heavy atom. The van der Waals surface area contributed by atoms with Gasteiger partial charge < -0.3 is 9.55 Å². The van der Waals surface area contributed by atoms with Crippen molar-refractivity contribution < 1.29 is 0 Å². The predicted molar refractivity (Wildman–Crippen MR) is 51.4 cm³/mol. The van der Waals surface area contributed by atoms with Crippen LogP contribution in [0.3, 0.4) is 0 Å². The van der Waals surface area contributed by atoms with E-state index in [4.69, 9.17) is 12.2 Å². The molecule has 64 valence electrons. The first-order valence-corrected chi connectivity index (χ1v) is 4.26. The molecule has 0 fully saturated rings. The van der Waals surface area contributed by atoms with Crippen LogP contribution in [0.25, 0.3) is 0 Å². The standard InChI is InChI=1S/C6H10N2S.C2H6/c1-4-5(2)8(3)6(9)7-4;1-2/h1-3H3,(H,7,9);1-2H3. The highest BCUT2D eigenvalue weighted by molar-refractivity contribution is 7.71. The van der Waals surface area contributed by atoms with E-state index in [-0.39, 0.29) is 0 Å². The normalized spacial score (nSPS) is 8.82. The predicted octanol–water partition coefficient (Wildman–Crippen LogP) is 2.73. The van der Waals surface area contributed by atoms with E-state index >= 15 is 0 Å². The van der Waals surface area contributed by atoms with Gasteiger partial charge in [-0.1, -0.05) is 13.8 Å². The average molecular weight is 172 g/mol. The van der Waals surface area contributed by atoms with Crippen LogP contribution in [0.2, 0.25) is 0 Å². The molecule has 0 aliphatic carbocycles. The van der Waals surface area contributed by atoms with Crippen molar-refractivity contribution in [3.05, 3.63) is 16.2 Å². The highest BCUT2D eigenvalue weighted by Crippen LogP contribution is 2.02. The minimum atomic E-state index is 0.796. The fraction of sp³-hybridized carbons (Fsp3) is 0.625. The number of rotatable bonds is 0. The van der Waals surface area contributed by atoms with E-state index in [1.165, 1.54) is 5.69 Å². The Balaban J connectivity index is 0.000000461. The Morgan fingerprint density at radius 3 is 1.82 bits per heavy atom. The molecule has 0 amide bonds. The van der Waals surface area contributed by atoms with E-state index in [0.717, 1.165) is 10.5 Å². The van der Waals surface area contributed by atoms with Gasteiger partial charge in [-0.15, -0.1) is 0 Å². The van der Waals surface area contributed by atoms with Crippen molar-refractivity contribution in [2.45, 2.75) is 27.7 Å². The van der Waals surface area contributed by atoms with Crippen LogP contribution in [0, 0.1) is 18.6 Å². The van der Waals surface area contributed by atoms with Crippen LogP contribution in [0.15, 0.2) is 0 Å². The second-order valence-electron chi connectivity index (χ2n) is 2.20. The molecule has 0 atom stereocenters. The Morgan fingerprint density at radius 2 is 1.73 bits per heavy atom. The van der Waals surface area contributed by atoms with Gasteiger partial charge in [-0.2, -0.15) is 0 Å². The first-order chi connectivity index (χ1) is 5.13. The number of aromatic nitrogens is 2. The molecule has 0 radical (unpaired) electrons. The second kappa shape index (κ2) is 4.34. The largest absolute Gasteiger partial charge is 0.335 e. The number of H-pyrrole nitrogens is 1. The van der Waals surface area contributed by atoms with Gasteiger partial charge in [-0.25, -0.2) is 0 Å². The van der Waals surface area contributed by atoms with E-state index in [0.29, 0.717) is 0 Å². The van der Waals surface area contributed by atoms with E-state index in [9.17, 15) is 0 Å². The molecule has 0 saturated heterocycles. The zero-order valence-electron chi connectivity index (χ0n) is 7.86. The third kappa shape index (κ3) is 2.19. The van der Waals surface area contributed by atoms with Crippen LogP contribution in [-0.4, -0.2) is 9.55 Å². The number of nitrogens with one attached hydrogen (secondary N) is 1. The Hall–Kier alpha value is -0.570. The zero-order valence-corrected chi connectivity index (χ0v) is 8.67. The van der Waals surface area contributed by atoms with Gasteiger partial charge >= 0.3 is 0 Å². The van der Waals surface area contributed by atoms with Gasteiger partial charge in [-0.3, -0.25) is 0 Å². The van der Waals surface area contributed by atoms with Crippen LogP contribution in [0.1, 0.15) is 25.2 Å². The molecular formula is C8H16N2S. The van der Waals surface area contributed by atoms with Gasteiger partial charge in [0.25, 0.3) is 0 Å². The first-order valence-electron chi connectivity index (χ1n) is 3.85. The summed E-state index contributed by atoms with van der Waals surface area (Å²) < 4.78 is 2.76. The summed E-state index contributed by atoms with van der Waals surface area (Å²) in [5.74, 6) is 0. The SMILES string of the molecule is CC.Cc1[nH]c(=S)n(C)c1C. The average Bonchev–Trinajstić information content (AvgIpc) is 2.22. The summed E-state index contributed by atoms with van der Waals surface area (Å²) in [5.41, 5.74) is 2.36. The van der Waals surface area contributed by atoms with Gasteiger partial charge in [0.15, 0.2) is 4.77 Å². The molecule has 0 spiro atoms. The van der Waals surface area contributed by atoms with Crippen LogP contribution in [-0.2, 0) is 7.05 Å². The molecule has 1 aromatic rings. The second-order valence-corrected chi connectivity index (χ2v) is 2.59. The topological polar surface area (TPSA) is 20.7 Å². The monoisotopic (exact) mass is 172 g/mol. The molecule has 0 bridgehead atoms. The third-order valence-electron chi connectivity index (χ3n) is 1.64. The summed E-state index contributed by atoms with van der Waals surface area (Å²) in [7, 11) is 1.96. The number of aromatic amines is 1. The molecule has 2 nitrogen and oxygen atoms in total. The van der Waals surface area contributed by atoms with Crippen molar-refractivity contribution in [3.8, 4) is 0 Å². The molecule has 0 unspecified atom stereocenters. The molecule has 0 saturated carbocycles. The van der Waals surface area contributed by atoms with Gasteiger partial charge in [0, 0.05) is 18.4 Å². The van der Waals surface area contributed by atoms with Crippen molar-refractivity contribution >= 4 is 12.2 Å². The Kier molecular flexibility index (Phi) is 4.11. The van der Waals surface area contributed by atoms with Crippen LogP contribution in [0.4, 0.5) is 0 Å². The molecule has 0 aliphatic heterocycles. The summed E-state index contributed by atoms with van der Waals surface area (Å²) in [6.07, 6.45) is 0. The maximum Gasteiger partial charge on any atom is 0.177 e. The van der Waals surface area contributed by atoms with Gasteiger partial charge in [0.05, 0.1) is 0 Å². The number of aryl methyl sites for hydroxylation is 1. The van der Waals surface area contributed by atoms with Crippen LogP contribution < -0.4 is 0 Å². The molecule has 0 aromatic carbocycles. The fourth-order valence-electron chi connectivity index (χ4n) is 0.739. The fourth-order valence-corrected chi connectivity index (χ4v) is 1.03. The molecule has 1 aromatic heterocycles. The zero-order chi connectivity index (χ0) is 9.02. The van der Waals surface area contributed by atoms with E-state index in [1.807, 2.05) is 39.3 Å². The Bertz CT molecular complexity index is 270. The van der Waals surface area contributed by atoms with E-state index in [2.05, 4.69) is 4.98 Å². The summed E-state index contributed by atoms with van der Waals surface area (Å²) in [6.45, 7) is 8.06. The van der Waals surface area contributed by atoms with Crippen molar-refractivity contribution in [1.29, 1.82) is 0 Å². The van der Waals surface area contributed by atoms with Crippen molar-refractivity contribution in [1.82, 2.24) is 9.55 Å². The maximum absolute atomic E-state index is 4.97. The smallest absolute Gasteiger partial charge is 0.177 e.